The van der Waals surface area contributed by atoms with Crippen LogP contribution < -0.4 is 4.90 Å². The molecule has 180 valence electrons. The van der Waals surface area contributed by atoms with E-state index in [1.807, 2.05) is 18.3 Å². The molecule has 34 heavy (non-hydrogen) atoms. The molecule has 1 N–H and O–H groups in total. The quantitative estimate of drug-likeness (QED) is 0.295. The molecule has 0 atom stereocenters. The third-order valence-electron chi connectivity index (χ3n) is 6.20. The zero-order valence-corrected chi connectivity index (χ0v) is 21.5. The molecule has 1 aromatic heterocycles. The van der Waals surface area contributed by atoms with Gasteiger partial charge < -0.3 is 10.0 Å². The van der Waals surface area contributed by atoms with E-state index in [2.05, 4.69) is 86.1 Å². The fraction of sp³-hybridized carbons (Fsp3) is 0.379. The molecule has 1 heterocycles. The highest BCUT2D eigenvalue weighted by molar-refractivity contribution is 7.99. The molecule has 0 aliphatic rings. The van der Waals surface area contributed by atoms with Crippen LogP contribution in [0.1, 0.15) is 63.1 Å². The number of aromatic nitrogens is 1. The van der Waals surface area contributed by atoms with E-state index in [4.69, 9.17) is 5.11 Å². The van der Waals surface area contributed by atoms with Crippen molar-refractivity contribution in [2.24, 2.45) is 0 Å². The maximum Gasteiger partial charge on any atom is 0.313 e. The predicted molar refractivity (Wildman–Crippen MR) is 145 cm³/mol. The smallest absolute Gasteiger partial charge is 0.313 e. The number of carbonyl (C=O) groups is 1. The zero-order valence-electron chi connectivity index (χ0n) is 20.7. The number of benzene rings is 2. The van der Waals surface area contributed by atoms with Crippen molar-refractivity contribution in [3.05, 3.63) is 83.6 Å². The van der Waals surface area contributed by atoms with E-state index in [1.165, 1.54) is 41.4 Å². The average Bonchev–Trinajstić information content (AvgIpc) is 2.84. The zero-order chi connectivity index (χ0) is 24.5. The van der Waals surface area contributed by atoms with Gasteiger partial charge in [0, 0.05) is 35.8 Å². The van der Waals surface area contributed by atoms with Crippen LogP contribution >= 0.6 is 11.8 Å². The van der Waals surface area contributed by atoms with Gasteiger partial charge in [0.1, 0.15) is 0 Å². The number of anilines is 1. The maximum atomic E-state index is 10.7. The summed E-state index contributed by atoms with van der Waals surface area (Å²) in [5.41, 5.74) is 6.98. The first-order valence-electron chi connectivity index (χ1n) is 12.1. The average molecular weight is 477 g/mol. The normalized spacial score (nSPS) is 11.2. The Morgan fingerprint density at radius 3 is 2.32 bits per heavy atom. The lowest BCUT2D eigenvalue weighted by Gasteiger charge is -2.30. The molecule has 5 heteroatoms. The van der Waals surface area contributed by atoms with Gasteiger partial charge in [0.25, 0.3) is 0 Å². The van der Waals surface area contributed by atoms with Crippen LogP contribution in [0, 0.1) is 0 Å². The second-order valence-corrected chi connectivity index (χ2v) is 9.95. The number of hydrogen-bond donors (Lipinski definition) is 1. The highest BCUT2D eigenvalue weighted by Crippen LogP contribution is 2.28. The Morgan fingerprint density at radius 2 is 1.74 bits per heavy atom. The van der Waals surface area contributed by atoms with Crippen molar-refractivity contribution in [1.29, 1.82) is 0 Å². The topological polar surface area (TPSA) is 53.4 Å². The fourth-order valence-electron chi connectivity index (χ4n) is 4.23. The fourth-order valence-corrected chi connectivity index (χ4v) is 4.92. The SMILES string of the molecule is CCC(CC)c1ccc(N(Cc2cccc(-c3ccc(CSCC(=O)O)cn3)c2)C(C)C)cc1. The van der Waals surface area contributed by atoms with Gasteiger partial charge in [-0.15, -0.1) is 11.8 Å². The van der Waals surface area contributed by atoms with Crippen LogP contribution in [0.4, 0.5) is 5.69 Å². The Balaban J connectivity index is 1.73. The van der Waals surface area contributed by atoms with Gasteiger partial charge in [-0.3, -0.25) is 9.78 Å². The van der Waals surface area contributed by atoms with E-state index in [0.29, 0.717) is 17.7 Å². The Kier molecular flexibility index (Phi) is 9.58. The van der Waals surface area contributed by atoms with Crippen LogP contribution in [-0.2, 0) is 17.1 Å². The summed E-state index contributed by atoms with van der Waals surface area (Å²) >= 11 is 1.39. The highest BCUT2D eigenvalue weighted by atomic mass is 32.2. The van der Waals surface area contributed by atoms with Gasteiger partial charge in [-0.05, 0) is 73.6 Å². The van der Waals surface area contributed by atoms with Crippen LogP contribution in [-0.4, -0.2) is 27.9 Å². The summed E-state index contributed by atoms with van der Waals surface area (Å²) in [5.74, 6) is 0.604. The molecule has 0 radical (unpaired) electrons. The number of hydrogen-bond acceptors (Lipinski definition) is 4. The molecule has 0 saturated heterocycles. The van der Waals surface area contributed by atoms with Gasteiger partial charge in [-0.1, -0.05) is 50.2 Å². The summed E-state index contributed by atoms with van der Waals surface area (Å²) in [4.78, 5) is 17.8. The molecular formula is C29H36N2O2S. The molecule has 0 amide bonds. The standard InChI is InChI=1S/C29H36N2O2S/c1-5-24(6-2)25-11-13-27(14-12-25)31(21(3)4)18-22-8-7-9-26(16-22)28-15-10-23(17-30-28)19-34-20-29(32)33/h7-17,21,24H,5-6,18-20H2,1-4H3,(H,32,33). The van der Waals surface area contributed by atoms with Gasteiger partial charge >= 0.3 is 5.97 Å². The van der Waals surface area contributed by atoms with E-state index >= 15 is 0 Å². The molecule has 0 fully saturated rings. The molecule has 0 aliphatic heterocycles. The summed E-state index contributed by atoms with van der Waals surface area (Å²) in [6.45, 7) is 9.83. The number of aliphatic carboxylic acids is 1. The van der Waals surface area contributed by atoms with E-state index < -0.39 is 5.97 Å². The van der Waals surface area contributed by atoms with Crippen molar-refractivity contribution in [2.45, 2.75) is 64.8 Å². The lowest BCUT2D eigenvalue weighted by Crippen LogP contribution is -2.30. The van der Waals surface area contributed by atoms with Crippen molar-refractivity contribution >= 4 is 23.4 Å². The number of thioether (sulfide) groups is 1. The van der Waals surface area contributed by atoms with Crippen LogP contribution in [0.3, 0.4) is 0 Å². The van der Waals surface area contributed by atoms with Crippen LogP contribution in [0.5, 0.6) is 0 Å². The van der Waals surface area contributed by atoms with Gasteiger partial charge in [0.15, 0.2) is 0 Å². The number of rotatable bonds is 12. The Morgan fingerprint density at radius 1 is 1.00 bits per heavy atom. The number of nitrogens with zero attached hydrogens (tertiary/aromatic N) is 2. The first-order chi connectivity index (χ1) is 16.4. The largest absolute Gasteiger partial charge is 0.481 e. The second kappa shape index (κ2) is 12.6. The monoisotopic (exact) mass is 476 g/mol. The summed E-state index contributed by atoms with van der Waals surface area (Å²) in [6.07, 6.45) is 4.19. The van der Waals surface area contributed by atoms with E-state index in [-0.39, 0.29) is 5.75 Å². The summed E-state index contributed by atoms with van der Waals surface area (Å²) < 4.78 is 0. The van der Waals surface area contributed by atoms with E-state index in [1.54, 1.807) is 0 Å². The third-order valence-corrected chi connectivity index (χ3v) is 7.19. The molecule has 4 nitrogen and oxygen atoms in total. The Bertz CT molecular complexity index is 1040. The molecule has 0 aliphatic carbocycles. The van der Waals surface area contributed by atoms with Crippen LogP contribution in [0.2, 0.25) is 0 Å². The first-order valence-corrected chi connectivity index (χ1v) is 13.3. The van der Waals surface area contributed by atoms with Crippen molar-refractivity contribution in [1.82, 2.24) is 4.98 Å². The Hall–Kier alpha value is -2.79. The summed E-state index contributed by atoms with van der Waals surface area (Å²) in [7, 11) is 0. The summed E-state index contributed by atoms with van der Waals surface area (Å²) in [6, 6.07) is 22.1. The Labute approximate surface area is 208 Å². The first kappa shape index (κ1) is 25.8. The lowest BCUT2D eigenvalue weighted by molar-refractivity contribution is -0.133. The van der Waals surface area contributed by atoms with Crippen molar-refractivity contribution < 1.29 is 9.90 Å². The predicted octanol–water partition coefficient (Wildman–Crippen LogP) is 7.39. The van der Waals surface area contributed by atoms with Gasteiger partial charge in [0.2, 0.25) is 0 Å². The number of carboxylic acid groups (broad SMARTS) is 1. The molecule has 3 rings (SSSR count). The molecule has 2 aromatic carbocycles. The highest BCUT2D eigenvalue weighted by Gasteiger charge is 2.14. The second-order valence-electron chi connectivity index (χ2n) is 8.97. The van der Waals surface area contributed by atoms with Gasteiger partial charge in [-0.25, -0.2) is 0 Å². The van der Waals surface area contributed by atoms with Crippen molar-refractivity contribution in [3.63, 3.8) is 0 Å². The van der Waals surface area contributed by atoms with Crippen LogP contribution in [0.25, 0.3) is 11.3 Å². The minimum absolute atomic E-state index is 0.108. The molecule has 3 aromatic rings. The van der Waals surface area contributed by atoms with Gasteiger partial charge in [0.05, 0.1) is 11.4 Å². The van der Waals surface area contributed by atoms with Crippen LogP contribution in [0.15, 0.2) is 66.9 Å². The molecule has 0 spiro atoms. The minimum Gasteiger partial charge on any atom is -0.481 e. The number of pyridine rings is 1. The molecule has 0 saturated carbocycles. The summed E-state index contributed by atoms with van der Waals surface area (Å²) in [5, 5.41) is 8.79. The van der Waals surface area contributed by atoms with Crippen molar-refractivity contribution in [3.8, 4) is 11.3 Å². The number of carboxylic acids is 1. The maximum absolute atomic E-state index is 10.7. The van der Waals surface area contributed by atoms with E-state index in [0.717, 1.165) is 23.4 Å². The third kappa shape index (κ3) is 7.10. The van der Waals surface area contributed by atoms with Gasteiger partial charge in [-0.2, -0.15) is 0 Å². The van der Waals surface area contributed by atoms with Crippen molar-refractivity contribution in [2.75, 3.05) is 10.7 Å². The lowest BCUT2D eigenvalue weighted by atomic mass is 9.94. The molecule has 0 unspecified atom stereocenters. The molecule has 0 bridgehead atoms. The molecular weight excluding hydrogens is 440 g/mol. The van der Waals surface area contributed by atoms with E-state index in [9.17, 15) is 4.79 Å². The minimum atomic E-state index is -0.788.